The number of halogens is 3. The van der Waals surface area contributed by atoms with Crippen molar-refractivity contribution in [1.29, 1.82) is 0 Å². The molecular weight excluding hydrogens is 554 g/mol. The van der Waals surface area contributed by atoms with Gasteiger partial charge in [0.05, 0.1) is 35.4 Å². The molecule has 0 saturated heterocycles. The zero-order valence-corrected chi connectivity index (χ0v) is 23.3. The topological polar surface area (TPSA) is 162 Å². The molecule has 39 heavy (non-hydrogen) atoms. The molecule has 0 amide bonds. The number of nitrogens with two attached hydrogens (primary N) is 1. The highest BCUT2D eigenvalue weighted by molar-refractivity contribution is 6.34. The van der Waals surface area contributed by atoms with E-state index in [1.54, 1.807) is 13.0 Å². The molecule has 13 heteroatoms. The molecule has 0 heterocycles. The van der Waals surface area contributed by atoms with E-state index in [1.807, 2.05) is 6.92 Å². The van der Waals surface area contributed by atoms with Gasteiger partial charge in [0.15, 0.2) is 6.04 Å². The number of nitrogens with one attached hydrogen (secondary N) is 1. The van der Waals surface area contributed by atoms with Gasteiger partial charge in [0.2, 0.25) is 11.4 Å². The van der Waals surface area contributed by atoms with E-state index in [0.717, 1.165) is 0 Å². The molecule has 4 atom stereocenters. The molecule has 10 nitrogen and oxygen atoms in total. The SMILES string of the molecule is C[C@@H](O)[C@@H](N)C(=O)O.[C-]#[N+]c1ccc(F)c(CC)c1Cl.[C-]#[N+]c1ccc(N[C@@H](C(=O)O)[C@@H](C)O)c(CC)c1Cl. The number of aliphatic hydroxyl groups is 2. The third-order valence-electron chi connectivity index (χ3n) is 5.20. The Kier molecular flexibility index (Phi) is 15.7. The molecule has 2 aromatic rings. The standard InChI is InChI=1S/C13H15ClN2O3.C9H7ClFN.C4H9NO3/c1-4-8-9(5-6-10(15-3)11(8)14)16-12(7(2)17)13(18)19;1-3-6-7(11)4-5-8(12-2)9(6)10;1-2(6)3(5)4(7)8/h5-7,12,16-17H,4H2,1-2H3,(H,18,19);4-5H,3H2,1H3;2-3,6H,5H2,1H3,(H,7,8)/t7-,12-;;2-,3-/m1.1/s1. The maximum absolute atomic E-state index is 13.0. The summed E-state index contributed by atoms with van der Waals surface area (Å²) in [5.41, 5.74) is 7.16. The highest BCUT2D eigenvalue weighted by Crippen LogP contribution is 2.34. The lowest BCUT2D eigenvalue weighted by atomic mass is 10.1. The predicted octanol–water partition coefficient (Wildman–Crippen LogP) is 5.07. The van der Waals surface area contributed by atoms with Gasteiger partial charge in [-0.05, 0) is 49.9 Å². The summed E-state index contributed by atoms with van der Waals surface area (Å²) in [6.45, 7) is 20.1. The fourth-order valence-corrected chi connectivity index (χ4v) is 3.60. The van der Waals surface area contributed by atoms with Crippen molar-refractivity contribution in [1.82, 2.24) is 0 Å². The summed E-state index contributed by atoms with van der Waals surface area (Å²) in [7, 11) is 0. The molecular formula is C26H31Cl2FN4O6. The Bertz CT molecular complexity index is 1230. The Morgan fingerprint density at radius 3 is 1.72 bits per heavy atom. The fourth-order valence-electron chi connectivity index (χ4n) is 2.93. The number of aliphatic carboxylic acids is 2. The van der Waals surface area contributed by atoms with Crippen LogP contribution in [0.3, 0.4) is 0 Å². The van der Waals surface area contributed by atoms with Crippen LogP contribution in [0.5, 0.6) is 0 Å². The number of hydrogen-bond donors (Lipinski definition) is 6. The van der Waals surface area contributed by atoms with Crippen LogP contribution in [0.15, 0.2) is 24.3 Å². The van der Waals surface area contributed by atoms with Crippen LogP contribution in [0.2, 0.25) is 10.0 Å². The second-order valence-electron chi connectivity index (χ2n) is 8.02. The highest BCUT2D eigenvalue weighted by atomic mass is 35.5. The van der Waals surface area contributed by atoms with Crippen LogP contribution < -0.4 is 11.1 Å². The van der Waals surface area contributed by atoms with Gasteiger partial charge in [0, 0.05) is 5.69 Å². The van der Waals surface area contributed by atoms with Crippen LogP contribution in [-0.4, -0.2) is 56.7 Å². The number of carbonyl (C=O) groups is 2. The van der Waals surface area contributed by atoms with Crippen molar-refractivity contribution in [2.75, 3.05) is 5.32 Å². The molecule has 0 aliphatic heterocycles. The molecule has 7 N–H and O–H groups in total. The van der Waals surface area contributed by atoms with Gasteiger partial charge in [0.25, 0.3) is 0 Å². The van der Waals surface area contributed by atoms with Crippen LogP contribution in [0.1, 0.15) is 38.8 Å². The number of carboxylic acids is 2. The Morgan fingerprint density at radius 1 is 0.923 bits per heavy atom. The van der Waals surface area contributed by atoms with E-state index in [1.165, 1.54) is 32.0 Å². The Hall–Kier alpha value is -3.45. The fraction of sp³-hybridized carbons (Fsp3) is 0.385. The Morgan fingerprint density at radius 2 is 1.38 bits per heavy atom. The average molecular weight is 585 g/mol. The predicted molar refractivity (Wildman–Crippen MR) is 148 cm³/mol. The van der Waals surface area contributed by atoms with Gasteiger partial charge in [0.1, 0.15) is 11.9 Å². The lowest BCUT2D eigenvalue weighted by Crippen LogP contribution is -2.39. The van der Waals surface area contributed by atoms with Gasteiger partial charge in [-0.2, -0.15) is 0 Å². The second-order valence-corrected chi connectivity index (χ2v) is 8.78. The summed E-state index contributed by atoms with van der Waals surface area (Å²) in [5.74, 6) is -2.67. The number of hydrogen-bond acceptors (Lipinski definition) is 6. The molecule has 0 radical (unpaired) electrons. The molecule has 0 bridgehead atoms. The van der Waals surface area contributed by atoms with Crippen molar-refractivity contribution in [3.63, 3.8) is 0 Å². The quantitative estimate of drug-likeness (QED) is 0.234. The number of anilines is 1. The first-order valence-electron chi connectivity index (χ1n) is 11.5. The second kappa shape index (κ2) is 17.2. The van der Waals surface area contributed by atoms with E-state index in [9.17, 15) is 19.1 Å². The maximum Gasteiger partial charge on any atom is 0.328 e. The summed E-state index contributed by atoms with van der Waals surface area (Å²) < 4.78 is 13.0. The minimum absolute atomic E-state index is 0.243. The van der Waals surface area contributed by atoms with Crippen LogP contribution in [0.25, 0.3) is 9.69 Å². The number of carboxylic acid groups (broad SMARTS) is 2. The Labute approximate surface area is 236 Å². The first-order valence-corrected chi connectivity index (χ1v) is 12.3. The van der Waals surface area contributed by atoms with E-state index in [-0.39, 0.29) is 10.8 Å². The Balaban J connectivity index is 0.000000616. The lowest BCUT2D eigenvalue weighted by molar-refractivity contribution is -0.141. The molecule has 0 aliphatic carbocycles. The van der Waals surface area contributed by atoms with E-state index < -0.39 is 36.2 Å². The highest BCUT2D eigenvalue weighted by Gasteiger charge is 2.24. The number of rotatable bonds is 8. The van der Waals surface area contributed by atoms with Crippen molar-refractivity contribution in [3.8, 4) is 0 Å². The first-order chi connectivity index (χ1) is 18.2. The van der Waals surface area contributed by atoms with Gasteiger partial charge >= 0.3 is 11.9 Å². The van der Waals surface area contributed by atoms with Crippen LogP contribution in [-0.2, 0) is 22.4 Å². The van der Waals surface area contributed by atoms with Crippen molar-refractivity contribution in [2.24, 2.45) is 5.73 Å². The lowest BCUT2D eigenvalue weighted by Gasteiger charge is -2.21. The molecule has 0 saturated carbocycles. The normalized spacial score (nSPS) is 13.0. The van der Waals surface area contributed by atoms with Crippen LogP contribution in [0.4, 0.5) is 21.5 Å². The number of aliphatic hydroxyl groups excluding tert-OH is 2. The van der Waals surface area contributed by atoms with Gasteiger partial charge in [-0.25, -0.2) is 18.9 Å². The number of nitrogens with zero attached hydrogens (tertiary/aromatic N) is 2. The van der Waals surface area contributed by atoms with Crippen molar-refractivity contribution >= 4 is 52.2 Å². The van der Waals surface area contributed by atoms with Crippen LogP contribution >= 0.6 is 23.2 Å². The molecule has 0 unspecified atom stereocenters. The van der Waals surface area contributed by atoms with Crippen molar-refractivity contribution in [3.05, 3.63) is 74.1 Å². The molecule has 2 aromatic carbocycles. The first kappa shape index (κ1) is 35.5. The van der Waals surface area contributed by atoms with E-state index in [0.29, 0.717) is 46.1 Å². The third-order valence-corrected chi connectivity index (χ3v) is 6.04. The summed E-state index contributed by atoms with van der Waals surface area (Å²) in [4.78, 5) is 27.4. The average Bonchev–Trinajstić information content (AvgIpc) is 2.87. The molecule has 0 aliphatic rings. The van der Waals surface area contributed by atoms with Gasteiger partial charge in [-0.3, -0.25) is 4.79 Å². The van der Waals surface area contributed by atoms with E-state index >= 15 is 0 Å². The summed E-state index contributed by atoms with van der Waals surface area (Å²) >= 11 is 11.9. The smallest absolute Gasteiger partial charge is 0.328 e. The zero-order chi connectivity index (χ0) is 30.4. The van der Waals surface area contributed by atoms with Crippen LogP contribution in [0, 0.1) is 19.0 Å². The van der Waals surface area contributed by atoms with E-state index in [2.05, 4.69) is 15.0 Å². The van der Waals surface area contributed by atoms with E-state index in [4.69, 9.17) is 57.4 Å². The third kappa shape index (κ3) is 10.7. The zero-order valence-electron chi connectivity index (χ0n) is 21.7. The minimum atomic E-state index is -1.18. The van der Waals surface area contributed by atoms with Gasteiger partial charge < -0.3 is 31.5 Å². The molecule has 0 fully saturated rings. The van der Waals surface area contributed by atoms with Gasteiger partial charge in [-0.15, -0.1) is 0 Å². The minimum Gasteiger partial charge on any atom is -0.480 e. The monoisotopic (exact) mass is 584 g/mol. The maximum atomic E-state index is 13.0. The molecule has 0 aromatic heterocycles. The van der Waals surface area contributed by atoms with Crippen molar-refractivity contribution in [2.45, 2.75) is 64.8 Å². The summed E-state index contributed by atoms with van der Waals surface area (Å²) in [6, 6.07) is 3.52. The van der Waals surface area contributed by atoms with Gasteiger partial charge in [-0.1, -0.05) is 49.2 Å². The summed E-state index contributed by atoms with van der Waals surface area (Å²) in [6.07, 6.45) is -0.973. The summed E-state index contributed by atoms with van der Waals surface area (Å²) in [5, 5.41) is 38.4. The molecule has 2 rings (SSSR count). The molecule has 212 valence electrons. The van der Waals surface area contributed by atoms with Crippen molar-refractivity contribution < 1.29 is 34.4 Å². The largest absolute Gasteiger partial charge is 0.480 e. The number of benzene rings is 2. The molecule has 0 spiro atoms.